The number of nitrogens with one attached hydrogen (secondary N) is 2. The number of ether oxygens (including phenoxy) is 2. The number of methoxy groups -OCH3 is 1. The van der Waals surface area contributed by atoms with Gasteiger partial charge in [-0.3, -0.25) is 0 Å². The van der Waals surface area contributed by atoms with Crippen LogP contribution in [-0.4, -0.2) is 42.6 Å². The van der Waals surface area contributed by atoms with E-state index < -0.39 is 35.5 Å². The van der Waals surface area contributed by atoms with Gasteiger partial charge >= 0.3 is 6.09 Å². The van der Waals surface area contributed by atoms with Gasteiger partial charge in [-0.05, 0) is 62.6 Å². The second kappa shape index (κ2) is 11.1. The van der Waals surface area contributed by atoms with E-state index in [1.165, 1.54) is 6.07 Å². The lowest BCUT2D eigenvalue weighted by atomic mass is 10.0. The van der Waals surface area contributed by atoms with Gasteiger partial charge in [0.2, 0.25) is 0 Å². The minimum Gasteiger partial charge on any atom is -0.497 e. The van der Waals surface area contributed by atoms with Gasteiger partial charge in [0, 0.05) is 13.1 Å². The molecule has 3 N–H and O–H groups in total. The zero-order chi connectivity index (χ0) is 23.0. The summed E-state index contributed by atoms with van der Waals surface area (Å²) in [6.07, 6.45) is -1.61. The summed E-state index contributed by atoms with van der Waals surface area (Å²) in [7, 11) is 1.58. The maximum Gasteiger partial charge on any atom is 0.407 e. The summed E-state index contributed by atoms with van der Waals surface area (Å²) < 4.78 is 37.3. The minimum absolute atomic E-state index is 0.0957. The van der Waals surface area contributed by atoms with E-state index in [9.17, 15) is 18.7 Å². The van der Waals surface area contributed by atoms with E-state index in [1.54, 1.807) is 27.9 Å². The summed E-state index contributed by atoms with van der Waals surface area (Å²) >= 11 is 0. The van der Waals surface area contributed by atoms with Gasteiger partial charge in [-0.2, -0.15) is 0 Å². The van der Waals surface area contributed by atoms with Crippen LogP contribution in [0.4, 0.5) is 13.6 Å². The third kappa shape index (κ3) is 8.51. The van der Waals surface area contributed by atoms with Crippen molar-refractivity contribution in [2.24, 2.45) is 0 Å². The lowest BCUT2D eigenvalue weighted by Crippen LogP contribution is -2.49. The molecule has 8 heteroatoms. The maximum absolute atomic E-state index is 13.6. The van der Waals surface area contributed by atoms with Crippen LogP contribution in [-0.2, 0) is 17.7 Å². The number of aliphatic hydroxyl groups is 1. The number of benzene rings is 2. The number of alkyl carbamates (subject to hydrolysis) is 1. The van der Waals surface area contributed by atoms with E-state index in [0.29, 0.717) is 12.1 Å². The van der Waals surface area contributed by atoms with Crippen LogP contribution in [0.15, 0.2) is 42.5 Å². The van der Waals surface area contributed by atoms with E-state index in [2.05, 4.69) is 10.6 Å². The van der Waals surface area contributed by atoms with Crippen molar-refractivity contribution < 1.29 is 28.2 Å². The first-order valence-electron chi connectivity index (χ1n) is 10.0. The zero-order valence-electron chi connectivity index (χ0n) is 18.2. The van der Waals surface area contributed by atoms with Crippen LogP contribution in [0.2, 0.25) is 0 Å². The molecule has 0 aromatic heterocycles. The van der Waals surface area contributed by atoms with Crippen molar-refractivity contribution >= 4 is 6.09 Å². The zero-order valence-corrected chi connectivity index (χ0v) is 18.2. The van der Waals surface area contributed by atoms with Crippen molar-refractivity contribution in [3.05, 3.63) is 65.2 Å². The SMILES string of the molecule is COc1cccc(CNC[C@H](O)[C@H](Cc2ccc(F)c(F)c2)NC(=O)OC(C)(C)C)c1. The molecule has 6 nitrogen and oxygen atoms in total. The minimum atomic E-state index is -1.01. The van der Waals surface area contributed by atoms with Gasteiger partial charge in [-0.15, -0.1) is 0 Å². The highest BCUT2D eigenvalue weighted by Crippen LogP contribution is 2.14. The highest BCUT2D eigenvalue weighted by Gasteiger charge is 2.25. The molecule has 0 spiro atoms. The quantitative estimate of drug-likeness (QED) is 0.560. The molecule has 0 fully saturated rings. The highest BCUT2D eigenvalue weighted by molar-refractivity contribution is 5.68. The monoisotopic (exact) mass is 436 g/mol. The van der Waals surface area contributed by atoms with Gasteiger partial charge in [0.25, 0.3) is 0 Å². The molecule has 2 aromatic rings. The van der Waals surface area contributed by atoms with Gasteiger partial charge in [-0.25, -0.2) is 13.6 Å². The molecule has 0 heterocycles. The molecule has 2 atom stereocenters. The third-order valence-corrected chi connectivity index (χ3v) is 4.42. The second-order valence-electron chi connectivity index (χ2n) is 8.26. The number of hydrogen-bond donors (Lipinski definition) is 3. The molecule has 170 valence electrons. The summed E-state index contributed by atoms with van der Waals surface area (Å²) in [5.41, 5.74) is 0.683. The Balaban J connectivity index is 2.04. The molecule has 0 aliphatic heterocycles. The molecule has 1 amide bonds. The van der Waals surface area contributed by atoms with E-state index >= 15 is 0 Å². The Morgan fingerprint density at radius 3 is 2.48 bits per heavy atom. The first kappa shape index (κ1) is 24.6. The molecule has 2 rings (SSSR count). The topological polar surface area (TPSA) is 79.8 Å². The van der Waals surface area contributed by atoms with Crippen molar-refractivity contribution in [3.63, 3.8) is 0 Å². The number of halogens is 2. The van der Waals surface area contributed by atoms with Crippen LogP contribution in [0.3, 0.4) is 0 Å². The lowest BCUT2D eigenvalue weighted by Gasteiger charge is -2.27. The first-order valence-corrected chi connectivity index (χ1v) is 10.0. The maximum atomic E-state index is 13.6. The molecule has 0 saturated carbocycles. The smallest absolute Gasteiger partial charge is 0.407 e. The Morgan fingerprint density at radius 2 is 1.84 bits per heavy atom. The Morgan fingerprint density at radius 1 is 1.10 bits per heavy atom. The van der Waals surface area contributed by atoms with Crippen LogP contribution < -0.4 is 15.4 Å². The highest BCUT2D eigenvalue weighted by atomic mass is 19.2. The normalized spacial score (nSPS) is 13.4. The molecule has 0 bridgehead atoms. The fourth-order valence-electron chi connectivity index (χ4n) is 2.95. The summed E-state index contributed by atoms with van der Waals surface area (Å²) in [5.74, 6) is -1.22. The molecule has 0 aliphatic carbocycles. The van der Waals surface area contributed by atoms with Crippen molar-refractivity contribution in [1.29, 1.82) is 0 Å². The van der Waals surface area contributed by atoms with Gasteiger partial charge in [-0.1, -0.05) is 18.2 Å². The summed E-state index contributed by atoms with van der Waals surface area (Å²) in [4.78, 5) is 12.2. The fraction of sp³-hybridized carbons (Fsp3) is 0.435. The molecular formula is C23H30F2N2O4. The van der Waals surface area contributed by atoms with Crippen LogP contribution in [0, 0.1) is 11.6 Å². The van der Waals surface area contributed by atoms with Gasteiger partial charge in [0.05, 0.1) is 19.3 Å². The molecule has 0 saturated heterocycles. The van der Waals surface area contributed by atoms with Crippen molar-refractivity contribution in [3.8, 4) is 5.75 Å². The number of carbonyl (C=O) groups is 1. The molecule has 0 unspecified atom stereocenters. The third-order valence-electron chi connectivity index (χ3n) is 4.42. The number of aliphatic hydroxyl groups excluding tert-OH is 1. The van der Waals surface area contributed by atoms with Crippen LogP contribution in [0.25, 0.3) is 0 Å². The average molecular weight is 436 g/mol. The van der Waals surface area contributed by atoms with Crippen molar-refractivity contribution in [1.82, 2.24) is 10.6 Å². The van der Waals surface area contributed by atoms with Crippen molar-refractivity contribution in [2.75, 3.05) is 13.7 Å². The molecule has 0 radical (unpaired) electrons. The van der Waals surface area contributed by atoms with E-state index in [1.807, 2.05) is 24.3 Å². The Kier molecular flexibility index (Phi) is 8.76. The van der Waals surface area contributed by atoms with Gasteiger partial charge in [0.1, 0.15) is 11.4 Å². The van der Waals surface area contributed by atoms with Gasteiger partial charge < -0.3 is 25.2 Å². The number of rotatable bonds is 9. The standard InChI is InChI=1S/C23H30F2N2O4/c1-23(2,3)31-22(29)27-20(12-15-8-9-18(24)19(25)11-15)21(28)14-26-13-16-6-5-7-17(10-16)30-4/h5-11,20-21,26,28H,12-14H2,1-4H3,(H,27,29)/t20-,21-/m0/s1. The van der Waals surface area contributed by atoms with Crippen LogP contribution in [0.1, 0.15) is 31.9 Å². The van der Waals surface area contributed by atoms with E-state index in [0.717, 1.165) is 23.4 Å². The summed E-state index contributed by atoms with van der Waals surface area (Å²) in [6, 6.07) is 10.2. The Labute approximate surface area is 181 Å². The number of amides is 1. The first-order chi connectivity index (χ1) is 14.6. The molecule has 2 aromatic carbocycles. The average Bonchev–Trinajstić information content (AvgIpc) is 2.69. The molecule has 0 aliphatic rings. The fourth-order valence-corrected chi connectivity index (χ4v) is 2.95. The molecular weight excluding hydrogens is 406 g/mol. The lowest BCUT2D eigenvalue weighted by molar-refractivity contribution is 0.0422. The van der Waals surface area contributed by atoms with Gasteiger partial charge in [0.15, 0.2) is 11.6 Å². The second-order valence-corrected chi connectivity index (χ2v) is 8.26. The van der Waals surface area contributed by atoms with E-state index in [4.69, 9.17) is 9.47 Å². The largest absolute Gasteiger partial charge is 0.497 e. The van der Waals surface area contributed by atoms with Crippen LogP contribution in [0.5, 0.6) is 5.75 Å². The van der Waals surface area contributed by atoms with Crippen molar-refractivity contribution in [2.45, 2.75) is 51.5 Å². The van der Waals surface area contributed by atoms with Crippen LogP contribution >= 0.6 is 0 Å². The van der Waals surface area contributed by atoms with E-state index in [-0.39, 0.29) is 13.0 Å². The predicted molar refractivity (Wildman–Crippen MR) is 114 cm³/mol. The summed E-state index contributed by atoms with van der Waals surface area (Å²) in [6.45, 7) is 5.80. The Hall–Kier alpha value is -2.71. The predicted octanol–water partition coefficient (Wildman–Crippen LogP) is 3.56. The number of carbonyl (C=O) groups excluding carboxylic acids is 1. The Bertz CT molecular complexity index is 871. The number of hydrogen-bond acceptors (Lipinski definition) is 5. The summed E-state index contributed by atoms with van der Waals surface area (Å²) in [5, 5.41) is 16.5. The molecule has 31 heavy (non-hydrogen) atoms.